The Morgan fingerprint density at radius 2 is 2.35 bits per heavy atom. The first-order chi connectivity index (χ1) is 8.16. The van der Waals surface area contributed by atoms with E-state index in [-0.39, 0.29) is 10.9 Å². The van der Waals surface area contributed by atoms with Crippen molar-refractivity contribution in [3.63, 3.8) is 0 Å². The molecule has 1 aromatic heterocycles. The molecule has 0 aromatic carbocycles. The van der Waals surface area contributed by atoms with Crippen LogP contribution in [0.15, 0.2) is 25.9 Å². The van der Waals surface area contributed by atoms with E-state index >= 15 is 0 Å². The molecule has 2 aliphatic heterocycles. The molecule has 90 valence electrons. The number of fused-ring (bicyclic) bond motifs is 1. The van der Waals surface area contributed by atoms with Gasteiger partial charge in [0.15, 0.2) is 5.96 Å². The number of thiophene rings is 1. The molecular weight excluding hydrogens is 368 g/mol. The van der Waals surface area contributed by atoms with Crippen molar-refractivity contribution in [3.8, 4) is 0 Å². The molecule has 3 heterocycles. The van der Waals surface area contributed by atoms with Crippen LogP contribution in [0.3, 0.4) is 0 Å². The highest BCUT2D eigenvalue weighted by molar-refractivity contribution is 9.10. The fraction of sp³-hybridized carbons (Fsp3) is 0.400. The van der Waals surface area contributed by atoms with E-state index in [1.165, 1.54) is 4.88 Å². The monoisotopic (exact) mass is 376 g/mol. The molecule has 0 bridgehead atoms. The van der Waals surface area contributed by atoms with Gasteiger partial charge in [0.05, 0.1) is 11.4 Å². The molecule has 7 heteroatoms. The summed E-state index contributed by atoms with van der Waals surface area (Å²) >= 11 is 8.84. The lowest BCUT2D eigenvalue weighted by Gasteiger charge is -2.31. The lowest BCUT2D eigenvalue weighted by atomic mass is 10.1. The average molecular weight is 378 g/mol. The molecule has 0 amide bonds. The molecule has 0 fully saturated rings. The van der Waals surface area contributed by atoms with Gasteiger partial charge in [-0.15, -0.1) is 11.3 Å². The highest BCUT2D eigenvalue weighted by Crippen LogP contribution is 2.37. The van der Waals surface area contributed by atoms with E-state index in [0.29, 0.717) is 5.96 Å². The second kappa shape index (κ2) is 4.37. The summed E-state index contributed by atoms with van der Waals surface area (Å²) < 4.78 is 1.08. The van der Waals surface area contributed by atoms with Gasteiger partial charge in [-0.1, -0.05) is 15.9 Å². The zero-order valence-corrected chi connectivity index (χ0v) is 12.8. The Hall–Kier alpha value is -0.400. The van der Waals surface area contributed by atoms with Crippen molar-refractivity contribution in [1.29, 1.82) is 0 Å². The predicted octanol–water partition coefficient (Wildman–Crippen LogP) is 2.36. The minimum absolute atomic E-state index is 0.0272. The second-order valence-electron chi connectivity index (χ2n) is 3.89. The lowest BCUT2D eigenvalue weighted by Crippen LogP contribution is -2.48. The molecular formula is C10H10Br2N4S. The molecule has 0 spiro atoms. The molecule has 4 nitrogen and oxygen atoms in total. The maximum absolute atomic E-state index is 5.98. The summed E-state index contributed by atoms with van der Waals surface area (Å²) in [6, 6.07) is 2.12. The zero-order chi connectivity index (χ0) is 12.0. The molecule has 1 unspecified atom stereocenters. The SMILES string of the molecule is NC1=N[C@H](c2cc(Br)cs2)C(Br)C2=NCCN12. The average Bonchev–Trinajstić information content (AvgIpc) is 2.91. The number of amidine groups is 1. The minimum atomic E-state index is 0.0272. The van der Waals surface area contributed by atoms with Crippen LogP contribution in [0.5, 0.6) is 0 Å². The lowest BCUT2D eigenvalue weighted by molar-refractivity contribution is 0.592. The molecule has 2 atom stereocenters. The third-order valence-corrected chi connectivity index (χ3v) is 5.50. The molecule has 17 heavy (non-hydrogen) atoms. The van der Waals surface area contributed by atoms with E-state index in [1.807, 2.05) is 4.90 Å². The first-order valence-electron chi connectivity index (χ1n) is 5.20. The zero-order valence-electron chi connectivity index (χ0n) is 8.81. The number of nitrogens with two attached hydrogens (primary N) is 1. The number of hydrogen-bond acceptors (Lipinski definition) is 5. The molecule has 3 rings (SSSR count). The van der Waals surface area contributed by atoms with Crippen molar-refractivity contribution < 1.29 is 0 Å². The molecule has 2 aliphatic rings. The fourth-order valence-electron chi connectivity index (χ4n) is 2.04. The third kappa shape index (κ3) is 1.94. The van der Waals surface area contributed by atoms with E-state index in [2.05, 4.69) is 53.3 Å². The number of nitrogens with zero attached hydrogens (tertiary/aromatic N) is 3. The van der Waals surface area contributed by atoms with Crippen molar-refractivity contribution >= 4 is 55.0 Å². The van der Waals surface area contributed by atoms with Gasteiger partial charge in [0, 0.05) is 21.3 Å². The Morgan fingerprint density at radius 3 is 3.06 bits per heavy atom. The molecule has 0 radical (unpaired) electrons. The van der Waals surface area contributed by atoms with E-state index in [1.54, 1.807) is 11.3 Å². The van der Waals surface area contributed by atoms with Gasteiger partial charge in [0.1, 0.15) is 11.9 Å². The summed E-state index contributed by atoms with van der Waals surface area (Å²) in [6.07, 6.45) is 0. The largest absolute Gasteiger partial charge is 0.369 e. The van der Waals surface area contributed by atoms with Crippen molar-refractivity contribution in [3.05, 3.63) is 20.8 Å². The standard InChI is InChI=1S/C10H10Br2N4S/c11-5-3-6(17-4-5)8-7(12)9-14-1-2-16(9)10(13)15-8/h3-4,7-8H,1-2H2,(H2,13,15)/t7?,8-/m1/s1. The number of guanidine groups is 1. The Balaban J connectivity index is 2.01. The second-order valence-corrected chi connectivity index (χ2v) is 6.74. The van der Waals surface area contributed by atoms with Gasteiger partial charge in [-0.3, -0.25) is 9.89 Å². The van der Waals surface area contributed by atoms with Gasteiger partial charge in [0.25, 0.3) is 0 Å². The van der Waals surface area contributed by atoms with Crippen LogP contribution >= 0.6 is 43.2 Å². The highest BCUT2D eigenvalue weighted by Gasteiger charge is 2.37. The van der Waals surface area contributed by atoms with Crippen LogP contribution in [0.25, 0.3) is 0 Å². The minimum Gasteiger partial charge on any atom is -0.369 e. The van der Waals surface area contributed by atoms with Crippen LogP contribution in [-0.2, 0) is 0 Å². The molecule has 1 aromatic rings. The first-order valence-corrected chi connectivity index (χ1v) is 7.79. The van der Waals surface area contributed by atoms with Gasteiger partial charge in [-0.2, -0.15) is 0 Å². The number of halogens is 2. The van der Waals surface area contributed by atoms with E-state index in [4.69, 9.17) is 5.73 Å². The van der Waals surface area contributed by atoms with Crippen LogP contribution in [0.4, 0.5) is 0 Å². The maximum atomic E-state index is 5.98. The van der Waals surface area contributed by atoms with Crippen LogP contribution in [0.1, 0.15) is 10.9 Å². The number of rotatable bonds is 1. The smallest absolute Gasteiger partial charge is 0.197 e. The van der Waals surface area contributed by atoms with E-state index in [9.17, 15) is 0 Å². The van der Waals surface area contributed by atoms with Crippen LogP contribution in [0.2, 0.25) is 0 Å². The first kappa shape index (κ1) is 11.7. The number of aliphatic imine (C=N–C) groups is 2. The molecule has 0 saturated carbocycles. The maximum Gasteiger partial charge on any atom is 0.197 e. The van der Waals surface area contributed by atoms with Crippen LogP contribution < -0.4 is 5.73 Å². The van der Waals surface area contributed by atoms with E-state index < -0.39 is 0 Å². The van der Waals surface area contributed by atoms with Gasteiger partial charge in [-0.05, 0) is 22.0 Å². The van der Waals surface area contributed by atoms with Crippen molar-refractivity contribution in [2.45, 2.75) is 10.9 Å². The Bertz CT molecular complexity index is 510. The number of hydrogen-bond donors (Lipinski definition) is 1. The van der Waals surface area contributed by atoms with Gasteiger partial charge in [0.2, 0.25) is 0 Å². The third-order valence-electron chi connectivity index (χ3n) is 2.82. The topological polar surface area (TPSA) is 54.0 Å². The van der Waals surface area contributed by atoms with Crippen LogP contribution in [0, 0.1) is 0 Å². The summed E-state index contributed by atoms with van der Waals surface area (Å²) in [6.45, 7) is 1.64. The van der Waals surface area contributed by atoms with E-state index in [0.717, 1.165) is 23.4 Å². The van der Waals surface area contributed by atoms with Crippen LogP contribution in [-0.4, -0.2) is 34.6 Å². The fourth-order valence-corrected chi connectivity index (χ4v) is 4.53. The summed E-state index contributed by atoms with van der Waals surface area (Å²) in [4.78, 5) is 12.4. The summed E-state index contributed by atoms with van der Waals surface area (Å²) in [5, 5.41) is 2.06. The summed E-state index contributed by atoms with van der Waals surface area (Å²) in [7, 11) is 0. The molecule has 0 aliphatic carbocycles. The normalized spacial score (nSPS) is 27.8. The summed E-state index contributed by atoms with van der Waals surface area (Å²) in [5.41, 5.74) is 5.98. The molecule has 2 N–H and O–H groups in total. The van der Waals surface area contributed by atoms with Crippen molar-refractivity contribution in [2.24, 2.45) is 15.7 Å². The Morgan fingerprint density at radius 1 is 1.53 bits per heavy atom. The Kier molecular flexibility index (Phi) is 3.00. The predicted molar refractivity (Wildman–Crippen MR) is 78.1 cm³/mol. The quantitative estimate of drug-likeness (QED) is 0.763. The number of alkyl halides is 1. The summed E-state index contributed by atoms with van der Waals surface area (Å²) in [5.74, 6) is 1.58. The van der Waals surface area contributed by atoms with Gasteiger partial charge < -0.3 is 5.73 Å². The van der Waals surface area contributed by atoms with Crippen molar-refractivity contribution in [1.82, 2.24) is 4.90 Å². The molecule has 0 saturated heterocycles. The van der Waals surface area contributed by atoms with Gasteiger partial charge in [-0.25, -0.2) is 4.99 Å². The van der Waals surface area contributed by atoms with Gasteiger partial charge >= 0.3 is 0 Å². The van der Waals surface area contributed by atoms with Crippen molar-refractivity contribution in [2.75, 3.05) is 13.1 Å². The highest BCUT2D eigenvalue weighted by atomic mass is 79.9. The Labute approximate surface area is 120 Å².